The van der Waals surface area contributed by atoms with Crippen LogP contribution in [0.3, 0.4) is 0 Å². The highest BCUT2D eigenvalue weighted by Crippen LogP contribution is 2.18. The molecule has 0 aliphatic rings. The number of furan rings is 1. The van der Waals surface area contributed by atoms with E-state index in [0.29, 0.717) is 28.4 Å². The second-order valence-corrected chi connectivity index (χ2v) is 4.14. The van der Waals surface area contributed by atoms with E-state index in [1.165, 1.54) is 0 Å². The van der Waals surface area contributed by atoms with Crippen molar-refractivity contribution in [2.45, 2.75) is 13.5 Å². The van der Waals surface area contributed by atoms with Crippen LogP contribution in [0.2, 0.25) is 0 Å². The molecule has 0 bridgehead atoms. The van der Waals surface area contributed by atoms with E-state index in [1.54, 1.807) is 37.3 Å². The van der Waals surface area contributed by atoms with Gasteiger partial charge in [-0.05, 0) is 25.1 Å². The number of hydrazine groups is 1. The highest BCUT2D eigenvalue weighted by molar-refractivity contribution is 5.94. The number of aryl methyl sites for hydroxylation is 1. The number of hydrogen-bond acceptors (Lipinski definition) is 5. The van der Waals surface area contributed by atoms with Gasteiger partial charge in [-0.1, -0.05) is 12.1 Å². The number of ether oxygens (including phenoxy) is 1. The lowest BCUT2D eigenvalue weighted by Crippen LogP contribution is -2.30. The normalized spacial score (nSPS) is 10.1. The number of hydrogen-bond donors (Lipinski definition) is 2. The van der Waals surface area contributed by atoms with Crippen LogP contribution in [0.4, 0.5) is 0 Å². The van der Waals surface area contributed by atoms with Crippen molar-refractivity contribution in [2.75, 3.05) is 0 Å². The van der Waals surface area contributed by atoms with Gasteiger partial charge in [0.05, 0.1) is 5.56 Å². The standard InChI is InChI=1S/C14H14N2O4/c1-9-13(14(18)16-15)6-12(20-9)8-19-11-4-2-3-10(5-11)7-17/h2-7H,8,15H2,1H3,(H,16,18). The summed E-state index contributed by atoms with van der Waals surface area (Å²) in [7, 11) is 0. The number of aldehydes is 1. The number of carbonyl (C=O) groups is 2. The predicted molar refractivity (Wildman–Crippen MR) is 71.3 cm³/mol. The third kappa shape index (κ3) is 3.04. The van der Waals surface area contributed by atoms with E-state index in [9.17, 15) is 9.59 Å². The molecule has 1 heterocycles. The van der Waals surface area contributed by atoms with Gasteiger partial charge in [0.2, 0.25) is 0 Å². The van der Waals surface area contributed by atoms with Crippen LogP contribution in [0.5, 0.6) is 5.75 Å². The van der Waals surface area contributed by atoms with Gasteiger partial charge in [0.25, 0.3) is 5.91 Å². The maximum Gasteiger partial charge on any atom is 0.268 e. The molecule has 0 atom stereocenters. The van der Waals surface area contributed by atoms with Gasteiger partial charge in [-0.2, -0.15) is 0 Å². The molecular weight excluding hydrogens is 260 g/mol. The molecule has 1 amide bonds. The molecule has 0 unspecified atom stereocenters. The van der Waals surface area contributed by atoms with Crippen LogP contribution >= 0.6 is 0 Å². The number of rotatable bonds is 5. The summed E-state index contributed by atoms with van der Waals surface area (Å²) in [6.07, 6.45) is 0.744. The third-order valence-corrected chi connectivity index (χ3v) is 2.72. The molecular formula is C14H14N2O4. The van der Waals surface area contributed by atoms with Crippen molar-refractivity contribution in [1.29, 1.82) is 0 Å². The second kappa shape index (κ2) is 6.03. The van der Waals surface area contributed by atoms with Crippen LogP contribution in [0, 0.1) is 6.92 Å². The quantitative estimate of drug-likeness (QED) is 0.373. The molecule has 2 rings (SSSR count). The van der Waals surface area contributed by atoms with E-state index in [4.69, 9.17) is 15.0 Å². The number of carbonyl (C=O) groups excluding carboxylic acids is 2. The van der Waals surface area contributed by atoms with E-state index in [1.807, 2.05) is 5.43 Å². The van der Waals surface area contributed by atoms with E-state index in [-0.39, 0.29) is 6.61 Å². The second-order valence-electron chi connectivity index (χ2n) is 4.14. The van der Waals surface area contributed by atoms with Crippen molar-refractivity contribution in [3.8, 4) is 5.75 Å². The molecule has 1 aromatic carbocycles. The van der Waals surface area contributed by atoms with Crippen molar-refractivity contribution < 1.29 is 18.7 Å². The van der Waals surface area contributed by atoms with Crippen LogP contribution in [-0.2, 0) is 6.61 Å². The van der Waals surface area contributed by atoms with Gasteiger partial charge in [-0.25, -0.2) is 5.84 Å². The number of nitrogens with two attached hydrogens (primary N) is 1. The fourth-order valence-electron chi connectivity index (χ4n) is 1.75. The molecule has 104 valence electrons. The smallest absolute Gasteiger partial charge is 0.268 e. The van der Waals surface area contributed by atoms with Gasteiger partial charge in [0.1, 0.15) is 30.2 Å². The minimum Gasteiger partial charge on any atom is -0.486 e. The van der Waals surface area contributed by atoms with Gasteiger partial charge < -0.3 is 9.15 Å². The van der Waals surface area contributed by atoms with Gasteiger partial charge in [-0.3, -0.25) is 15.0 Å². The van der Waals surface area contributed by atoms with Gasteiger partial charge in [-0.15, -0.1) is 0 Å². The molecule has 20 heavy (non-hydrogen) atoms. The number of benzene rings is 1. The Morgan fingerprint density at radius 1 is 1.45 bits per heavy atom. The number of nitrogens with one attached hydrogen (secondary N) is 1. The Labute approximate surface area is 115 Å². The first kappa shape index (κ1) is 13.8. The van der Waals surface area contributed by atoms with E-state index in [2.05, 4.69) is 0 Å². The van der Waals surface area contributed by atoms with Crippen LogP contribution in [0.1, 0.15) is 32.2 Å². The summed E-state index contributed by atoms with van der Waals surface area (Å²) in [6.45, 7) is 1.82. The lowest BCUT2D eigenvalue weighted by Gasteiger charge is -2.04. The lowest BCUT2D eigenvalue weighted by atomic mass is 10.2. The van der Waals surface area contributed by atoms with Crippen molar-refractivity contribution in [2.24, 2.45) is 5.84 Å². The highest BCUT2D eigenvalue weighted by atomic mass is 16.5. The Hall–Kier alpha value is -2.60. The van der Waals surface area contributed by atoms with E-state index in [0.717, 1.165) is 6.29 Å². The van der Waals surface area contributed by atoms with Gasteiger partial charge in [0.15, 0.2) is 0 Å². The van der Waals surface area contributed by atoms with Crippen molar-refractivity contribution in [3.63, 3.8) is 0 Å². The van der Waals surface area contributed by atoms with Crippen LogP contribution in [0.15, 0.2) is 34.7 Å². The third-order valence-electron chi connectivity index (χ3n) is 2.72. The Bertz CT molecular complexity index is 634. The molecule has 0 radical (unpaired) electrons. The average Bonchev–Trinajstić information content (AvgIpc) is 2.85. The zero-order valence-electron chi connectivity index (χ0n) is 10.9. The monoisotopic (exact) mass is 274 g/mol. The topological polar surface area (TPSA) is 94.6 Å². The van der Waals surface area contributed by atoms with E-state index >= 15 is 0 Å². The summed E-state index contributed by atoms with van der Waals surface area (Å²) in [5.41, 5.74) is 2.94. The summed E-state index contributed by atoms with van der Waals surface area (Å²) in [5, 5.41) is 0. The molecule has 0 spiro atoms. The molecule has 1 aromatic heterocycles. The summed E-state index contributed by atoms with van der Waals surface area (Å²) in [4.78, 5) is 22.1. The van der Waals surface area contributed by atoms with Crippen molar-refractivity contribution >= 4 is 12.2 Å². The van der Waals surface area contributed by atoms with Crippen LogP contribution in [0.25, 0.3) is 0 Å². The zero-order valence-corrected chi connectivity index (χ0v) is 10.9. The van der Waals surface area contributed by atoms with E-state index < -0.39 is 5.91 Å². The molecule has 3 N–H and O–H groups in total. The highest BCUT2D eigenvalue weighted by Gasteiger charge is 2.14. The first-order valence-corrected chi connectivity index (χ1v) is 5.92. The summed E-state index contributed by atoms with van der Waals surface area (Å²) < 4.78 is 10.9. The summed E-state index contributed by atoms with van der Waals surface area (Å²) in [6, 6.07) is 8.33. The molecule has 0 saturated carbocycles. The zero-order chi connectivity index (χ0) is 14.5. The molecule has 0 saturated heterocycles. The summed E-state index contributed by atoms with van der Waals surface area (Å²) >= 11 is 0. The fraction of sp³-hybridized carbons (Fsp3) is 0.143. The maximum atomic E-state index is 11.4. The largest absolute Gasteiger partial charge is 0.486 e. The van der Waals surface area contributed by atoms with Crippen molar-refractivity contribution in [1.82, 2.24) is 5.43 Å². The minimum absolute atomic E-state index is 0.154. The first-order chi connectivity index (χ1) is 9.63. The Balaban J connectivity index is 2.07. The molecule has 0 fully saturated rings. The summed E-state index contributed by atoms with van der Waals surface area (Å²) in [5.74, 6) is 6.17. The van der Waals surface area contributed by atoms with Gasteiger partial charge in [0, 0.05) is 5.56 Å². The van der Waals surface area contributed by atoms with Crippen LogP contribution in [-0.4, -0.2) is 12.2 Å². The minimum atomic E-state index is -0.416. The molecule has 6 nitrogen and oxygen atoms in total. The predicted octanol–water partition coefficient (Wildman–Crippen LogP) is 1.58. The van der Waals surface area contributed by atoms with Crippen molar-refractivity contribution in [3.05, 3.63) is 53.0 Å². The molecule has 6 heteroatoms. The Morgan fingerprint density at radius 3 is 2.95 bits per heavy atom. The fourth-order valence-corrected chi connectivity index (χ4v) is 1.75. The first-order valence-electron chi connectivity index (χ1n) is 5.92. The molecule has 0 aliphatic heterocycles. The Kier molecular flexibility index (Phi) is 4.17. The molecule has 0 aliphatic carbocycles. The maximum absolute atomic E-state index is 11.4. The Morgan fingerprint density at radius 2 is 2.25 bits per heavy atom. The lowest BCUT2D eigenvalue weighted by molar-refractivity contribution is 0.0952. The number of amides is 1. The average molecular weight is 274 g/mol. The molecule has 2 aromatic rings. The van der Waals surface area contributed by atoms with Crippen LogP contribution < -0.4 is 16.0 Å². The number of nitrogen functional groups attached to an aromatic ring is 1. The SMILES string of the molecule is Cc1oc(COc2cccc(C=O)c2)cc1C(=O)NN. The van der Waals surface area contributed by atoms with Gasteiger partial charge >= 0.3 is 0 Å².